The van der Waals surface area contributed by atoms with E-state index in [2.05, 4.69) is 4.98 Å². The first kappa shape index (κ1) is 16.0. The maximum absolute atomic E-state index is 12.7. The van der Waals surface area contributed by atoms with Gasteiger partial charge in [0, 0.05) is 6.04 Å². The Labute approximate surface area is 142 Å². The predicted octanol–water partition coefficient (Wildman–Crippen LogP) is 4.01. The summed E-state index contributed by atoms with van der Waals surface area (Å²) in [4.78, 5) is 30.2. The standard InChI is InChI=1S/C17H16N2O2S2/c1-11(2)19-16(21)12-6-3-4-7-13(12)18-17(19)23-10-14(20)15-8-5-9-22-15/h3-9,11H,10H2,1-2H3. The Morgan fingerprint density at radius 2 is 2.04 bits per heavy atom. The number of thiophene rings is 1. The van der Waals surface area contributed by atoms with Crippen LogP contribution in [0.3, 0.4) is 0 Å². The van der Waals surface area contributed by atoms with E-state index in [0.717, 1.165) is 4.88 Å². The Morgan fingerprint density at radius 3 is 2.74 bits per heavy atom. The number of carbonyl (C=O) groups is 1. The van der Waals surface area contributed by atoms with E-state index >= 15 is 0 Å². The van der Waals surface area contributed by atoms with Gasteiger partial charge in [-0.25, -0.2) is 4.98 Å². The number of nitrogens with zero attached hydrogens (tertiary/aromatic N) is 2. The molecule has 0 bridgehead atoms. The van der Waals surface area contributed by atoms with Gasteiger partial charge in [-0.05, 0) is 37.4 Å². The van der Waals surface area contributed by atoms with E-state index in [1.807, 2.05) is 49.6 Å². The molecule has 0 unspecified atom stereocenters. The van der Waals surface area contributed by atoms with Gasteiger partial charge in [0.15, 0.2) is 10.9 Å². The lowest BCUT2D eigenvalue weighted by Crippen LogP contribution is -2.25. The lowest BCUT2D eigenvalue weighted by Gasteiger charge is -2.15. The average molecular weight is 344 g/mol. The molecule has 0 aliphatic heterocycles. The zero-order chi connectivity index (χ0) is 16.4. The highest BCUT2D eigenvalue weighted by molar-refractivity contribution is 7.99. The molecule has 0 amide bonds. The van der Waals surface area contributed by atoms with Gasteiger partial charge in [-0.1, -0.05) is 30.0 Å². The minimum Gasteiger partial charge on any atom is -0.292 e. The van der Waals surface area contributed by atoms with Gasteiger partial charge in [0.25, 0.3) is 5.56 Å². The number of ketones is 1. The summed E-state index contributed by atoms with van der Waals surface area (Å²) in [5, 5.41) is 3.08. The van der Waals surface area contributed by atoms with Crippen molar-refractivity contribution in [2.24, 2.45) is 0 Å². The highest BCUT2D eigenvalue weighted by Gasteiger charge is 2.16. The van der Waals surface area contributed by atoms with Crippen LogP contribution in [0, 0.1) is 0 Å². The van der Waals surface area contributed by atoms with Crippen LogP contribution in [0.1, 0.15) is 29.6 Å². The summed E-state index contributed by atoms with van der Waals surface area (Å²) in [6, 6.07) is 11.0. The SMILES string of the molecule is CC(C)n1c(SCC(=O)c2cccs2)nc2ccccc2c1=O. The van der Waals surface area contributed by atoms with E-state index < -0.39 is 0 Å². The zero-order valence-corrected chi connectivity index (χ0v) is 14.5. The van der Waals surface area contributed by atoms with Gasteiger partial charge in [0.05, 0.1) is 21.5 Å². The van der Waals surface area contributed by atoms with E-state index in [0.29, 0.717) is 16.1 Å². The number of fused-ring (bicyclic) bond motifs is 1. The summed E-state index contributed by atoms with van der Waals surface area (Å²) in [5.41, 5.74) is 0.608. The topological polar surface area (TPSA) is 52.0 Å². The number of para-hydroxylation sites is 1. The van der Waals surface area contributed by atoms with Crippen molar-refractivity contribution < 1.29 is 4.79 Å². The molecule has 118 valence electrons. The highest BCUT2D eigenvalue weighted by atomic mass is 32.2. The van der Waals surface area contributed by atoms with Gasteiger partial charge in [-0.3, -0.25) is 14.2 Å². The second-order valence-corrected chi connectivity index (χ2v) is 7.26. The lowest BCUT2D eigenvalue weighted by molar-refractivity contribution is 0.102. The number of hydrogen-bond donors (Lipinski definition) is 0. The molecule has 4 nitrogen and oxygen atoms in total. The van der Waals surface area contributed by atoms with Gasteiger partial charge in [0.1, 0.15) is 0 Å². The van der Waals surface area contributed by atoms with E-state index in [9.17, 15) is 9.59 Å². The second kappa shape index (κ2) is 6.68. The molecule has 0 radical (unpaired) electrons. The summed E-state index contributed by atoms with van der Waals surface area (Å²) < 4.78 is 1.66. The number of benzene rings is 1. The molecule has 0 spiro atoms. The molecule has 0 atom stereocenters. The molecule has 2 heterocycles. The van der Waals surface area contributed by atoms with Crippen LogP contribution in [0.2, 0.25) is 0 Å². The first-order valence-corrected chi connectivity index (χ1v) is 9.15. The smallest absolute Gasteiger partial charge is 0.262 e. The number of thioether (sulfide) groups is 1. The summed E-state index contributed by atoms with van der Waals surface area (Å²) in [6.45, 7) is 3.89. The largest absolute Gasteiger partial charge is 0.292 e. The molecule has 23 heavy (non-hydrogen) atoms. The first-order chi connectivity index (χ1) is 11.1. The van der Waals surface area contributed by atoms with Crippen LogP contribution < -0.4 is 5.56 Å². The highest BCUT2D eigenvalue weighted by Crippen LogP contribution is 2.22. The molecule has 3 aromatic rings. The third-order valence-electron chi connectivity index (χ3n) is 3.42. The number of hydrogen-bond acceptors (Lipinski definition) is 5. The van der Waals surface area contributed by atoms with Crippen molar-refractivity contribution in [2.75, 3.05) is 5.75 Å². The Balaban J connectivity index is 1.97. The van der Waals surface area contributed by atoms with Gasteiger partial charge >= 0.3 is 0 Å². The third-order valence-corrected chi connectivity index (χ3v) is 5.28. The molecule has 0 fully saturated rings. The Kier molecular flexibility index (Phi) is 4.63. The minimum atomic E-state index is -0.0586. The predicted molar refractivity (Wildman–Crippen MR) is 95.8 cm³/mol. The van der Waals surface area contributed by atoms with Crippen molar-refractivity contribution in [3.8, 4) is 0 Å². The summed E-state index contributed by atoms with van der Waals surface area (Å²) in [5.74, 6) is 0.334. The van der Waals surface area contributed by atoms with Crippen LogP contribution in [0.4, 0.5) is 0 Å². The fraction of sp³-hybridized carbons (Fsp3) is 0.235. The third kappa shape index (κ3) is 3.23. The number of carbonyl (C=O) groups excluding carboxylic acids is 1. The van der Waals surface area contributed by atoms with Crippen molar-refractivity contribution >= 4 is 39.8 Å². The molecule has 0 aliphatic rings. The fourth-order valence-electron chi connectivity index (χ4n) is 2.32. The minimum absolute atomic E-state index is 0.0149. The van der Waals surface area contributed by atoms with Gasteiger partial charge < -0.3 is 0 Å². The second-order valence-electron chi connectivity index (χ2n) is 5.37. The van der Waals surface area contributed by atoms with Crippen LogP contribution in [0.25, 0.3) is 10.9 Å². The van der Waals surface area contributed by atoms with E-state index in [4.69, 9.17) is 0 Å². The van der Waals surface area contributed by atoms with Crippen LogP contribution in [0.5, 0.6) is 0 Å². The maximum Gasteiger partial charge on any atom is 0.262 e. The molecule has 6 heteroatoms. The Bertz CT molecular complexity index is 899. The van der Waals surface area contributed by atoms with Gasteiger partial charge in [-0.15, -0.1) is 11.3 Å². The van der Waals surface area contributed by atoms with Crippen molar-refractivity contribution in [3.05, 3.63) is 57.0 Å². The van der Waals surface area contributed by atoms with Gasteiger partial charge in [-0.2, -0.15) is 0 Å². The summed E-state index contributed by atoms with van der Waals surface area (Å²) in [6.07, 6.45) is 0. The van der Waals surface area contributed by atoms with Crippen molar-refractivity contribution in [2.45, 2.75) is 25.0 Å². The van der Waals surface area contributed by atoms with E-state index in [1.165, 1.54) is 23.1 Å². The quantitative estimate of drug-likeness (QED) is 0.399. The molecule has 0 aliphatic carbocycles. The van der Waals surface area contributed by atoms with Crippen LogP contribution >= 0.6 is 23.1 Å². The van der Waals surface area contributed by atoms with Crippen LogP contribution in [-0.2, 0) is 0 Å². The molecule has 0 N–H and O–H groups in total. The van der Waals surface area contributed by atoms with Crippen molar-refractivity contribution in [1.82, 2.24) is 9.55 Å². The van der Waals surface area contributed by atoms with Crippen molar-refractivity contribution in [3.63, 3.8) is 0 Å². The monoisotopic (exact) mass is 344 g/mol. The van der Waals surface area contributed by atoms with Gasteiger partial charge in [0.2, 0.25) is 0 Å². The van der Waals surface area contributed by atoms with Crippen LogP contribution in [0.15, 0.2) is 51.7 Å². The molecular weight excluding hydrogens is 328 g/mol. The number of Topliss-reactive ketones (excluding diaryl/α,β-unsaturated/α-hetero) is 1. The first-order valence-electron chi connectivity index (χ1n) is 7.28. The number of aromatic nitrogens is 2. The van der Waals surface area contributed by atoms with Crippen molar-refractivity contribution in [1.29, 1.82) is 0 Å². The Hall–Kier alpha value is -1.92. The summed E-state index contributed by atoms with van der Waals surface area (Å²) in [7, 11) is 0. The molecule has 0 saturated heterocycles. The van der Waals surface area contributed by atoms with E-state index in [1.54, 1.807) is 10.6 Å². The summed E-state index contributed by atoms with van der Waals surface area (Å²) >= 11 is 2.75. The lowest BCUT2D eigenvalue weighted by atomic mass is 10.2. The Morgan fingerprint density at radius 1 is 1.26 bits per heavy atom. The number of rotatable bonds is 5. The maximum atomic E-state index is 12.7. The zero-order valence-electron chi connectivity index (χ0n) is 12.9. The molecule has 3 rings (SSSR count). The molecule has 2 aromatic heterocycles. The molecule has 0 saturated carbocycles. The fourth-order valence-corrected chi connectivity index (χ4v) is 4.09. The normalized spacial score (nSPS) is 11.3. The van der Waals surface area contributed by atoms with E-state index in [-0.39, 0.29) is 23.1 Å². The molecule has 1 aromatic carbocycles. The van der Waals surface area contributed by atoms with Crippen LogP contribution in [-0.4, -0.2) is 21.1 Å². The average Bonchev–Trinajstić information content (AvgIpc) is 3.07. The molecular formula is C17H16N2O2S2.